The zero-order valence-electron chi connectivity index (χ0n) is 16.3. The molecule has 4 aromatic carbocycles. The Morgan fingerprint density at radius 1 is 0.633 bits per heavy atom. The Kier molecular flexibility index (Phi) is 4.52. The number of amides is 2. The zero-order valence-corrected chi connectivity index (χ0v) is 16.3. The molecule has 0 bridgehead atoms. The van der Waals surface area contributed by atoms with E-state index in [2.05, 4.69) is 17.4 Å². The highest BCUT2D eigenvalue weighted by atomic mass is 16.2. The first-order valence-electron chi connectivity index (χ1n) is 9.96. The van der Waals surface area contributed by atoms with Crippen LogP contribution in [0.25, 0.3) is 10.8 Å². The molecule has 0 spiro atoms. The van der Waals surface area contributed by atoms with Gasteiger partial charge in [0.15, 0.2) is 0 Å². The number of hydrogen-bond acceptors (Lipinski definition) is 3. The lowest BCUT2D eigenvalue weighted by atomic mass is 9.92. The summed E-state index contributed by atoms with van der Waals surface area (Å²) in [5.41, 5.74) is 4.15. The minimum Gasteiger partial charge on any atom is -0.380 e. The van der Waals surface area contributed by atoms with E-state index in [9.17, 15) is 9.59 Å². The lowest BCUT2D eigenvalue weighted by molar-refractivity contribution is 0.0598. The Morgan fingerprint density at radius 3 is 1.97 bits per heavy atom. The quantitative estimate of drug-likeness (QED) is 0.472. The van der Waals surface area contributed by atoms with Crippen molar-refractivity contribution in [2.45, 2.75) is 13.1 Å². The molecule has 1 aliphatic heterocycles. The monoisotopic (exact) mass is 392 g/mol. The van der Waals surface area contributed by atoms with Gasteiger partial charge in [-0.1, -0.05) is 72.8 Å². The van der Waals surface area contributed by atoms with Crippen LogP contribution < -0.4 is 5.32 Å². The van der Waals surface area contributed by atoms with E-state index in [4.69, 9.17) is 0 Å². The zero-order chi connectivity index (χ0) is 20.5. The van der Waals surface area contributed by atoms with E-state index in [-0.39, 0.29) is 18.4 Å². The third-order valence-corrected chi connectivity index (χ3v) is 5.50. The van der Waals surface area contributed by atoms with Crippen molar-refractivity contribution in [1.82, 2.24) is 4.90 Å². The molecule has 146 valence electrons. The van der Waals surface area contributed by atoms with E-state index >= 15 is 0 Å². The molecule has 2 amide bonds. The fourth-order valence-corrected chi connectivity index (χ4v) is 4.00. The van der Waals surface area contributed by atoms with E-state index in [0.717, 1.165) is 22.0 Å². The summed E-state index contributed by atoms with van der Waals surface area (Å²) in [5, 5.41) is 5.07. The molecule has 1 heterocycles. The fourth-order valence-electron chi connectivity index (χ4n) is 4.00. The predicted molar refractivity (Wildman–Crippen MR) is 118 cm³/mol. The topological polar surface area (TPSA) is 49.4 Å². The van der Waals surface area contributed by atoms with Gasteiger partial charge in [-0.3, -0.25) is 14.5 Å². The summed E-state index contributed by atoms with van der Waals surface area (Å²) in [5.74, 6) is -0.496. The second-order valence-electron chi connectivity index (χ2n) is 7.41. The molecule has 0 unspecified atom stereocenters. The Balaban J connectivity index is 1.52. The molecular formula is C26H20N2O2. The third kappa shape index (κ3) is 3.12. The van der Waals surface area contributed by atoms with Gasteiger partial charge in [-0.05, 0) is 29.3 Å². The van der Waals surface area contributed by atoms with Gasteiger partial charge in [0.1, 0.15) is 0 Å². The summed E-state index contributed by atoms with van der Waals surface area (Å²) < 4.78 is 0. The normalized spacial score (nSPS) is 13.0. The van der Waals surface area contributed by atoms with Crippen LogP contribution in [0, 0.1) is 0 Å². The summed E-state index contributed by atoms with van der Waals surface area (Å²) in [4.78, 5) is 27.7. The number of benzene rings is 4. The van der Waals surface area contributed by atoms with Crippen LogP contribution in [-0.4, -0.2) is 16.7 Å². The second-order valence-corrected chi connectivity index (χ2v) is 7.41. The number of hydrogen-bond donors (Lipinski definition) is 1. The first kappa shape index (κ1) is 18.1. The van der Waals surface area contributed by atoms with Gasteiger partial charge in [-0.25, -0.2) is 0 Å². The van der Waals surface area contributed by atoms with Crippen molar-refractivity contribution in [1.29, 1.82) is 0 Å². The van der Waals surface area contributed by atoms with Crippen LogP contribution in [0.4, 0.5) is 5.69 Å². The number of nitrogens with zero attached hydrogens (tertiary/aromatic N) is 1. The number of nitrogens with one attached hydrogen (secondary N) is 1. The van der Waals surface area contributed by atoms with Crippen molar-refractivity contribution in [2.75, 3.05) is 5.32 Å². The van der Waals surface area contributed by atoms with Gasteiger partial charge in [0, 0.05) is 34.1 Å². The SMILES string of the molecule is O=C1c2cccc3c(NCc4ccccc4)ccc(c23)C(=O)N1Cc1ccccc1. The smallest absolute Gasteiger partial charge is 0.261 e. The molecule has 0 saturated carbocycles. The number of rotatable bonds is 5. The maximum atomic E-state index is 13.2. The largest absolute Gasteiger partial charge is 0.380 e. The molecule has 4 aromatic rings. The molecule has 0 atom stereocenters. The van der Waals surface area contributed by atoms with E-state index in [1.54, 1.807) is 6.07 Å². The summed E-state index contributed by atoms with van der Waals surface area (Å²) in [6.45, 7) is 0.934. The molecule has 0 aromatic heterocycles. The number of anilines is 1. The average Bonchev–Trinajstić information content (AvgIpc) is 2.80. The highest BCUT2D eigenvalue weighted by Crippen LogP contribution is 2.35. The summed E-state index contributed by atoms with van der Waals surface area (Å²) >= 11 is 0. The molecular weight excluding hydrogens is 372 g/mol. The van der Waals surface area contributed by atoms with E-state index < -0.39 is 0 Å². The highest BCUT2D eigenvalue weighted by Gasteiger charge is 2.33. The molecule has 0 aliphatic carbocycles. The van der Waals surface area contributed by atoms with Crippen molar-refractivity contribution in [3.8, 4) is 0 Å². The standard InChI is InChI=1S/C26H20N2O2/c29-25-21-13-7-12-20-23(27-16-18-8-3-1-4-9-18)15-14-22(24(20)21)26(30)28(25)17-19-10-5-2-6-11-19/h1-15,27H,16-17H2. The van der Waals surface area contributed by atoms with Gasteiger partial charge < -0.3 is 5.32 Å². The summed E-state index contributed by atoms with van der Waals surface area (Å²) in [6, 6.07) is 29.1. The predicted octanol–water partition coefficient (Wildman–Crippen LogP) is 5.25. The number of imide groups is 1. The van der Waals surface area contributed by atoms with Gasteiger partial charge in [0.25, 0.3) is 11.8 Å². The Hall–Kier alpha value is -3.92. The number of carbonyl (C=O) groups excluding carboxylic acids is 2. The summed E-state index contributed by atoms with van der Waals surface area (Å²) in [6.07, 6.45) is 0. The molecule has 4 heteroatoms. The molecule has 1 N–H and O–H groups in total. The van der Waals surface area contributed by atoms with Crippen molar-refractivity contribution in [2.24, 2.45) is 0 Å². The lowest BCUT2D eigenvalue weighted by Crippen LogP contribution is -2.39. The van der Waals surface area contributed by atoms with Crippen molar-refractivity contribution in [3.63, 3.8) is 0 Å². The first-order valence-corrected chi connectivity index (χ1v) is 9.96. The highest BCUT2D eigenvalue weighted by molar-refractivity contribution is 6.26. The van der Waals surface area contributed by atoms with Crippen LogP contribution in [0.2, 0.25) is 0 Å². The second kappa shape index (κ2) is 7.48. The van der Waals surface area contributed by atoms with Gasteiger partial charge in [-0.2, -0.15) is 0 Å². The van der Waals surface area contributed by atoms with Crippen LogP contribution in [0.5, 0.6) is 0 Å². The molecule has 5 rings (SSSR count). The van der Waals surface area contributed by atoms with E-state index in [0.29, 0.717) is 17.7 Å². The van der Waals surface area contributed by atoms with E-state index in [1.165, 1.54) is 10.5 Å². The lowest BCUT2D eigenvalue weighted by Gasteiger charge is -2.28. The van der Waals surface area contributed by atoms with E-state index in [1.807, 2.05) is 72.8 Å². The Labute approximate surface area is 174 Å². The third-order valence-electron chi connectivity index (χ3n) is 5.50. The molecule has 0 radical (unpaired) electrons. The maximum Gasteiger partial charge on any atom is 0.261 e. The number of carbonyl (C=O) groups is 2. The molecule has 4 nitrogen and oxygen atoms in total. The first-order chi connectivity index (χ1) is 14.7. The molecule has 30 heavy (non-hydrogen) atoms. The van der Waals surface area contributed by atoms with Gasteiger partial charge in [-0.15, -0.1) is 0 Å². The van der Waals surface area contributed by atoms with Gasteiger partial charge in [0.05, 0.1) is 6.54 Å². The van der Waals surface area contributed by atoms with Crippen LogP contribution in [0.1, 0.15) is 31.8 Å². The van der Waals surface area contributed by atoms with Crippen LogP contribution >= 0.6 is 0 Å². The summed E-state index contributed by atoms with van der Waals surface area (Å²) in [7, 11) is 0. The van der Waals surface area contributed by atoms with Gasteiger partial charge in [0.2, 0.25) is 0 Å². The molecule has 1 aliphatic rings. The Bertz CT molecular complexity index is 1230. The van der Waals surface area contributed by atoms with Crippen molar-refractivity contribution >= 4 is 28.3 Å². The van der Waals surface area contributed by atoms with Crippen LogP contribution in [0.3, 0.4) is 0 Å². The molecule has 0 fully saturated rings. The minimum absolute atomic E-state index is 0.248. The van der Waals surface area contributed by atoms with Crippen molar-refractivity contribution in [3.05, 3.63) is 113 Å². The van der Waals surface area contributed by atoms with Crippen molar-refractivity contribution < 1.29 is 9.59 Å². The maximum absolute atomic E-state index is 13.2. The average molecular weight is 392 g/mol. The van der Waals surface area contributed by atoms with Crippen LogP contribution in [0.15, 0.2) is 91.0 Å². The molecule has 0 saturated heterocycles. The minimum atomic E-state index is -0.248. The van der Waals surface area contributed by atoms with Crippen LogP contribution in [-0.2, 0) is 13.1 Å². The van der Waals surface area contributed by atoms with Gasteiger partial charge >= 0.3 is 0 Å². The fraction of sp³-hybridized carbons (Fsp3) is 0.0769. The Morgan fingerprint density at radius 2 is 1.27 bits per heavy atom.